The van der Waals surface area contributed by atoms with Crippen molar-refractivity contribution in [3.63, 3.8) is 0 Å². The Kier molecular flexibility index (Phi) is 6.30. The number of barbiturate groups is 2. The molecule has 0 aromatic rings. The lowest BCUT2D eigenvalue weighted by Gasteiger charge is -2.29. The van der Waals surface area contributed by atoms with Crippen molar-refractivity contribution in [2.45, 2.75) is 12.1 Å². The SMILES string of the molecule is O=C1N=C2ONOC3=NC(=O)NC(=O)C3N=C(C3C(=O)NC(=O)NC3=O)C(C3C(=O)NC(=O)NC3=O)=NC2C(=O)N1. The van der Waals surface area contributed by atoms with E-state index in [0.29, 0.717) is 0 Å². The van der Waals surface area contributed by atoms with Crippen LogP contribution in [0.1, 0.15) is 0 Å². The molecule has 0 aromatic carbocycles. The molecule has 5 aliphatic heterocycles. The number of fused-ring (bicyclic) bond motifs is 2. The number of carbonyl (C=O) groups excluding carboxylic acids is 10. The summed E-state index contributed by atoms with van der Waals surface area (Å²) in [5.41, 5.74) is -0.283. The van der Waals surface area contributed by atoms with E-state index < -0.39 is 107 Å². The quantitative estimate of drug-likeness (QED) is 0.152. The van der Waals surface area contributed by atoms with Crippen molar-refractivity contribution in [2.75, 3.05) is 0 Å². The number of amides is 14. The van der Waals surface area contributed by atoms with Crippen LogP contribution in [0.5, 0.6) is 0 Å². The Labute approximate surface area is 222 Å². The minimum absolute atomic E-state index is 0.901. The van der Waals surface area contributed by atoms with Gasteiger partial charge in [-0.25, -0.2) is 19.2 Å². The van der Waals surface area contributed by atoms with Crippen LogP contribution in [0.2, 0.25) is 0 Å². The maximum atomic E-state index is 12.9. The molecular formula is C18H11N11O12. The maximum Gasteiger partial charge on any atom is 0.350 e. The number of hydrogen-bond donors (Lipinski definition) is 7. The van der Waals surface area contributed by atoms with Gasteiger partial charge in [-0.2, -0.15) is 9.98 Å². The van der Waals surface area contributed by atoms with Gasteiger partial charge in [0.25, 0.3) is 23.6 Å². The van der Waals surface area contributed by atoms with Gasteiger partial charge in [-0.3, -0.25) is 70.7 Å². The van der Waals surface area contributed by atoms with Gasteiger partial charge in [-0.05, 0) is 0 Å². The number of nitrogens with zero attached hydrogens (tertiary/aromatic N) is 4. The summed E-state index contributed by atoms with van der Waals surface area (Å²) in [6.07, 6.45) is 0. The van der Waals surface area contributed by atoms with Crippen molar-refractivity contribution in [1.82, 2.24) is 37.5 Å². The Morgan fingerprint density at radius 3 is 1.15 bits per heavy atom. The van der Waals surface area contributed by atoms with E-state index in [0.717, 1.165) is 0 Å². The number of aliphatic imine (C=N–C) groups is 4. The Bertz CT molecular complexity index is 1390. The van der Waals surface area contributed by atoms with Gasteiger partial charge in [0.2, 0.25) is 35.7 Å². The highest BCUT2D eigenvalue weighted by Gasteiger charge is 2.49. The average Bonchev–Trinajstić information content (AvgIpc) is 2.87. The normalized spacial score (nSPS) is 26.0. The molecule has 41 heavy (non-hydrogen) atoms. The fourth-order valence-electron chi connectivity index (χ4n) is 3.83. The first-order valence-electron chi connectivity index (χ1n) is 10.9. The molecule has 0 saturated carbocycles. The standard InChI is InChI=1S/C18H11N11O12/c30-7-1(8(31)22-15(36)21-7)3-4(2-9(32)23-16(37)24-10(2)33)20-6-12(35)26-18(39)28-14(6)41-29-40-13-5(19-3)11(34)25-17(38)27-13/h1-2,5-6,29H,(H,25,34,38)(H,26,35,39)(H2,21,22,30,31,36)(H2,23,24,32,33,37). The Morgan fingerprint density at radius 1 is 0.463 bits per heavy atom. The molecule has 0 aromatic heterocycles. The van der Waals surface area contributed by atoms with Crippen LogP contribution in [-0.2, 0) is 38.4 Å². The molecule has 210 valence electrons. The number of carbonyl (C=O) groups is 10. The van der Waals surface area contributed by atoms with Crippen molar-refractivity contribution in [3.8, 4) is 0 Å². The first-order valence-corrected chi connectivity index (χ1v) is 10.9. The summed E-state index contributed by atoms with van der Waals surface area (Å²) < 4.78 is 0. The first kappa shape index (κ1) is 26.4. The van der Waals surface area contributed by atoms with E-state index in [1.54, 1.807) is 37.5 Å². The zero-order valence-corrected chi connectivity index (χ0v) is 19.5. The van der Waals surface area contributed by atoms with Crippen molar-refractivity contribution in [1.29, 1.82) is 0 Å². The van der Waals surface area contributed by atoms with Crippen LogP contribution in [-0.4, -0.2) is 94.9 Å². The monoisotopic (exact) mass is 573 g/mol. The highest BCUT2D eigenvalue weighted by molar-refractivity contribution is 6.57. The molecule has 2 unspecified atom stereocenters. The molecule has 0 aliphatic carbocycles. The zero-order chi connectivity index (χ0) is 29.6. The third-order valence-corrected chi connectivity index (χ3v) is 5.48. The molecule has 0 bridgehead atoms. The van der Waals surface area contributed by atoms with E-state index in [-0.39, 0.29) is 0 Å². The van der Waals surface area contributed by atoms with Crippen molar-refractivity contribution < 1.29 is 57.6 Å². The molecule has 14 amide bonds. The predicted molar refractivity (Wildman–Crippen MR) is 120 cm³/mol. The molecule has 7 N–H and O–H groups in total. The molecule has 2 atom stereocenters. The number of hydrogen-bond acceptors (Lipinski definition) is 15. The molecule has 23 heteroatoms. The summed E-state index contributed by atoms with van der Waals surface area (Å²) in [6, 6.07) is -9.22. The highest BCUT2D eigenvalue weighted by atomic mass is 16.9. The number of rotatable bonds is 2. The third kappa shape index (κ3) is 4.85. The molecule has 0 radical (unpaired) electrons. The molecule has 5 heterocycles. The smallest absolute Gasteiger partial charge is 0.350 e. The second-order valence-electron chi connectivity index (χ2n) is 8.09. The Hall–Kier alpha value is -6.26. The fraction of sp³-hybridized carbons (Fsp3) is 0.222. The summed E-state index contributed by atoms with van der Waals surface area (Å²) in [5, 5.41) is 10.5. The summed E-state index contributed by atoms with van der Waals surface area (Å²) >= 11 is 0. The summed E-state index contributed by atoms with van der Waals surface area (Å²) in [5.74, 6) is -14.5. The summed E-state index contributed by atoms with van der Waals surface area (Å²) in [4.78, 5) is 149. The lowest BCUT2D eigenvalue weighted by molar-refractivity contribution is -0.135. The Balaban J connectivity index is 1.81. The van der Waals surface area contributed by atoms with Crippen LogP contribution in [0.3, 0.4) is 0 Å². The topological polar surface area (TPSA) is 323 Å². The second kappa shape index (κ2) is 9.80. The fourth-order valence-corrected chi connectivity index (χ4v) is 3.83. The lowest BCUT2D eigenvalue weighted by Crippen LogP contribution is -2.63. The zero-order valence-electron chi connectivity index (χ0n) is 19.5. The summed E-state index contributed by atoms with van der Waals surface area (Å²) in [7, 11) is 0. The van der Waals surface area contributed by atoms with Gasteiger partial charge < -0.3 is 9.68 Å². The van der Waals surface area contributed by atoms with Gasteiger partial charge in [0.1, 0.15) is 0 Å². The Morgan fingerprint density at radius 2 is 0.805 bits per heavy atom. The number of imide groups is 6. The van der Waals surface area contributed by atoms with Crippen molar-refractivity contribution >= 4 is 82.8 Å². The molecular weight excluding hydrogens is 562 g/mol. The van der Waals surface area contributed by atoms with Crippen LogP contribution in [0, 0.1) is 11.8 Å². The maximum absolute atomic E-state index is 12.9. The largest absolute Gasteiger partial charge is 0.355 e. The van der Waals surface area contributed by atoms with Crippen LogP contribution in [0.15, 0.2) is 20.0 Å². The average molecular weight is 573 g/mol. The molecule has 2 saturated heterocycles. The molecule has 23 nitrogen and oxygen atoms in total. The lowest BCUT2D eigenvalue weighted by atomic mass is 9.86. The second-order valence-corrected chi connectivity index (χ2v) is 8.09. The van der Waals surface area contributed by atoms with E-state index in [2.05, 4.69) is 20.0 Å². The van der Waals surface area contributed by atoms with Gasteiger partial charge in [-0.15, -0.1) is 0 Å². The number of urea groups is 4. The van der Waals surface area contributed by atoms with Gasteiger partial charge in [0.05, 0.1) is 11.4 Å². The van der Waals surface area contributed by atoms with Crippen LogP contribution in [0.4, 0.5) is 19.2 Å². The highest BCUT2D eigenvalue weighted by Crippen LogP contribution is 2.20. The molecule has 5 rings (SSSR count). The van der Waals surface area contributed by atoms with E-state index in [1.165, 1.54) is 0 Å². The van der Waals surface area contributed by atoms with Gasteiger partial charge >= 0.3 is 24.1 Å². The van der Waals surface area contributed by atoms with E-state index in [1.807, 2.05) is 0 Å². The van der Waals surface area contributed by atoms with Gasteiger partial charge in [0.15, 0.2) is 11.8 Å². The first-order chi connectivity index (χ1) is 19.4. The van der Waals surface area contributed by atoms with Gasteiger partial charge in [-0.1, -0.05) is 0 Å². The molecule has 0 spiro atoms. The minimum atomic E-state index is -2.26. The van der Waals surface area contributed by atoms with Crippen LogP contribution >= 0.6 is 0 Å². The van der Waals surface area contributed by atoms with Crippen LogP contribution in [0.25, 0.3) is 0 Å². The number of nitrogens with one attached hydrogen (secondary N) is 7. The minimum Gasteiger partial charge on any atom is -0.355 e. The van der Waals surface area contributed by atoms with E-state index >= 15 is 0 Å². The predicted octanol–water partition coefficient (Wildman–Crippen LogP) is -5.67. The van der Waals surface area contributed by atoms with Crippen LogP contribution < -0.4 is 37.5 Å². The molecule has 5 aliphatic rings. The summed E-state index contributed by atoms with van der Waals surface area (Å²) in [6.45, 7) is 0. The van der Waals surface area contributed by atoms with Crippen molar-refractivity contribution in [2.24, 2.45) is 31.8 Å². The third-order valence-electron chi connectivity index (χ3n) is 5.48. The van der Waals surface area contributed by atoms with E-state index in [9.17, 15) is 47.9 Å². The van der Waals surface area contributed by atoms with E-state index in [4.69, 9.17) is 9.68 Å². The van der Waals surface area contributed by atoms with Gasteiger partial charge in [0, 0.05) is 5.64 Å². The van der Waals surface area contributed by atoms with Crippen molar-refractivity contribution in [3.05, 3.63) is 0 Å². The molecule has 2 fully saturated rings.